The second-order valence-electron chi connectivity index (χ2n) is 6.15. The van der Waals surface area contributed by atoms with Gasteiger partial charge in [0.15, 0.2) is 6.61 Å². The summed E-state index contributed by atoms with van der Waals surface area (Å²) in [6.07, 6.45) is -0.154. The van der Waals surface area contributed by atoms with Crippen molar-refractivity contribution in [2.24, 2.45) is 0 Å². The number of nitrogens with zero attached hydrogens (tertiary/aromatic N) is 2. The van der Waals surface area contributed by atoms with Crippen LogP contribution in [-0.2, 0) is 11.3 Å². The fraction of sp³-hybridized carbons (Fsp3) is 0.250. The zero-order valence-electron chi connectivity index (χ0n) is 14.9. The van der Waals surface area contributed by atoms with Gasteiger partial charge in [0.1, 0.15) is 5.75 Å². The van der Waals surface area contributed by atoms with Gasteiger partial charge >= 0.3 is 5.97 Å². The van der Waals surface area contributed by atoms with Gasteiger partial charge in [-0.05, 0) is 51.1 Å². The molecule has 0 bridgehead atoms. The summed E-state index contributed by atoms with van der Waals surface area (Å²) in [5.74, 6) is 1.15. The molecule has 26 heavy (non-hydrogen) atoms. The molecule has 6 heteroatoms. The zero-order valence-corrected chi connectivity index (χ0v) is 14.9. The Morgan fingerprint density at radius 3 is 2.62 bits per heavy atom. The van der Waals surface area contributed by atoms with Gasteiger partial charge in [-0.15, -0.1) is 0 Å². The average Bonchev–Trinajstić information content (AvgIpc) is 3.09. The van der Waals surface area contributed by atoms with E-state index in [1.807, 2.05) is 45.0 Å². The van der Waals surface area contributed by atoms with Gasteiger partial charge in [0, 0.05) is 5.56 Å². The summed E-state index contributed by atoms with van der Waals surface area (Å²) in [6, 6.07) is 14.6. The third kappa shape index (κ3) is 4.47. The molecule has 2 aromatic carbocycles. The predicted octanol–water partition coefficient (Wildman–Crippen LogP) is 4.19. The summed E-state index contributed by atoms with van der Waals surface area (Å²) >= 11 is 0. The lowest BCUT2D eigenvalue weighted by atomic mass is 10.1. The maximum atomic E-state index is 11.8. The van der Waals surface area contributed by atoms with Crippen LogP contribution < -0.4 is 4.74 Å². The van der Waals surface area contributed by atoms with E-state index in [-0.39, 0.29) is 18.7 Å². The molecule has 0 aliphatic heterocycles. The molecule has 0 unspecified atom stereocenters. The van der Waals surface area contributed by atoms with Crippen molar-refractivity contribution in [3.63, 3.8) is 0 Å². The molecule has 0 N–H and O–H groups in total. The largest absolute Gasteiger partial charge is 0.484 e. The molecule has 0 fully saturated rings. The summed E-state index contributed by atoms with van der Waals surface area (Å²) in [6.45, 7) is 5.78. The highest BCUT2D eigenvalue weighted by molar-refractivity contribution is 5.89. The maximum Gasteiger partial charge on any atom is 0.338 e. The van der Waals surface area contributed by atoms with Crippen LogP contribution in [0.15, 0.2) is 53.1 Å². The number of ether oxygens (including phenoxy) is 2. The van der Waals surface area contributed by atoms with Crippen molar-refractivity contribution < 1.29 is 18.8 Å². The van der Waals surface area contributed by atoms with E-state index < -0.39 is 0 Å². The molecule has 1 aromatic heterocycles. The first kappa shape index (κ1) is 17.7. The van der Waals surface area contributed by atoms with Crippen molar-refractivity contribution >= 4 is 5.97 Å². The number of hydrogen-bond acceptors (Lipinski definition) is 6. The number of aromatic nitrogens is 2. The number of carbonyl (C=O) groups excluding carboxylic acids is 1. The number of carbonyl (C=O) groups is 1. The molecule has 0 amide bonds. The van der Waals surface area contributed by atoms with Crippen LogP contribution in [-0.4, -0.2) is 22.2 Å². The van der Waals surface area contributed by atoms with Crippen molar-refractivity contribution in [2.45, 2.75) is 33.5 Å². The first-order valence-electron chi connectivity index (χ1n) is 8.35. The molecule has 3 aromatic rings. The number of benzene rings is 2. The van der Waals surface area contributed by atoms with Gasteiger partial charge in [-0.3, -0.25) is 0 Å². The van der Waals surface area contributed by atoms with Crippen molar-refractivity contribution in [1.29, 1.82) is 0 Å². The van der Waals surface area contributed by atoms with Crippen molar-refractivity contribution in [3.05, 3.63) is 65.5 Å². The van der Waals surface area contributed by atoms with E-state index >= 15 is 0 Å². The first-order valence-corrected chi connectivity index (χ1v) is 8.35. The lowest BCUT2D eigenvalue weighted by Crippen LogP contribution is -2.11. The number of rotatable bonds is 6. The van der Waals surface area contributed by atoms with Gasteiger partial charge in [0.05, 0.1) is 11.7 Å². The minimum absolute atomic E-state index is 0.147. The molecule has 0 saturated heterocycles. The van der Waals surface area contributed by atoms with E-state index in [2.05, 4.69) is 10.1 Å². The minimum atomic E-state index is -0.355. The van der Waals surface area contributed by atoms with Gasteiger partial charge in [0.2, 0.25) is 5.82 Å². The Labute approximate surface area is 151 Å². The molecule has 0 aliphatic carbocycles. The Kier molecular flexibility index (Phi) is 5.31. The Morgan fingerprint density at radius 1 is 1.15 bits per heavy atom. The number of esters is 1. The normalized spacial score (nSPS) is 10.8. The van der Waals surface area contributed by atoms with Crippen LogP contribution in [0.1, 0.15) is 35.7 Å². The SMILES string of the molecule is Cc1cccc(-c2noc(COc3ccc(C(=O)OC(C)C)cc3)n2)c1. The van der Waals surface area contributed by atoms with Gasteiger partial charge in [-0.25, -0.2) is 4.79 Å². The molecule has 0 radical (unpaired) electrons. The molecule has 0 atom stereocenters. The molecule has 6 nitrogen and oxygen atoms in total. The monoisotopic (exact) mass is 352 g/mol. The minimum Gasteiger partial charge on any atom is -0.484 e. The van der Waals surface area contributed by atoms with Crippen molar-refractivity contribution in [2.75, 3.05) is 0 Å². The van der Waals surface area contributed by atoms with Crippen LogP contribution in [0.5, 0.6) is 5.75 Å². The standard InChI is InChI=1S/C20H20N2O4/c1-13(2)25-20(23)15-7-9-17(10-8-15)24-12-18-21-19(22-26-18)16-6-4-5-14(3)11-16/h4-11,13H,12H2,1-3H3. The van der Waals surface area contributed by atoms with E-state index in [4.69, 9.17) is 14.0 Å². The summed E-state index contributed by atoms with van der Waals surface area (Å²) in [5, 5.41) is 3.98. The highest BCUT2D eigenvalue weighted by atomic mass is 16.5. The summed E-state index contributed by atoms with van der Waals surface area (Å²) in [5.41, 5.74) is 2.50. The fourth-order valence-corrected chi connectivity index (χ4v) is 2.33. The van der Waals surface area contributed by atoms with E-state index in [9.17, 15) is 4.79 Å². The Hall–Kier alpha value is -3.15. The smallest absolute Gasteiger partial charge is 0.338 e. The van der Waals surface area contributed by atoms with E-state index in [0.29, 0.717) is 23.0 Å². The zero-order chi connectivity index (χ0) is 18.5. The molecule has 0 saturated carbocycles. The lowest BCUT2D eigenvalue weighted by Gasteiger charge is -2.08. The topological polar surface area (TPSA) is 74.5 Å². The van der Waals surface area contributed by atoms with Crippen LogP contribution in [0.2, 0.25) is 0 Å². The van der Waals surface area contributed by atoms with Crippen LogP contribution in [0.3, 0.4) is 0 Å². The molecule has 0 spiro atoms. The van der Waals surface area contributed by atoms with Crippen LogP contribution in [0.4, 0.5) is 0 Å². The summed E-state index contributed by atoms with van der Waals surface area (Å²) < 4.78 is 16.0. The lowest BCUT2D eigenvalue weighted by molar-refractivity contribution is 0.0378. The van der Waals surface area contributed by atoms with Gasteiger partial charge in [0.25, 0.3) is 5.89 Å². The third-order valence-electron chi connectivity index (χ3n) is 3.54. The van der Waals surface area contributed by atoms with Crippen molar-refractivity contribution in [3.8, 4) is 17.1 Å². The van der Waals surface area contributed by atoms with Crippen LogP contribution in [0, 0.1) is 6.92 Å². The molecule has 3 rings (SSSR count). The fourth-order valence-electron chi connectivity index (χ4n) is 2.33. The third-order valence-corrected chi connectivity index (χ3v) is 3.54. The summed E-state index contributed by atoms with van der Waals surface area (Å²) in [4.78, 5) is 16.1. The first-order chi connectivity index (χ1) is 12.5. The van der Waals surface area contributed by atoms with E-state index in [1.54, 1.807) is 24.3 Å². The Balaban J connectivity index is 1.60. The number of aryl methyl sites for hydroxylation is 1. The number of hydrogen-bond donors (Lipinski definition) is 0. The Morgan fingerprint density at radius 2 is 1.92 bits per heavy atom. The maximum absolute atomic E-state index is 11.8. The van der Waals surface area contributed by atoms with Crippen molar-refractivity contribution in [1.82, 2.24) is 10.1 Å². The molecule has 1 heterocycles. The highest BCUT2D eigenvalue weighted by Crippen LogP contribution is 2.19. The molecule has 134 valence electrons. The van der Waals surface area contributed by atoms with Crippen LogP contribution >= 0.6 is 0 Å². The van der Waals surface area contributed by atoms with E-state index in [0.717, 1.165) is 11.1 Å². The molecular formula is C20H20N2O4. The second-order valence-corrected chi connectivity index (χ2v) is 6.15. The summed E-state index contributed by atoms with van der Waals surface area (Å²) in [7, 11) is 0. The average molecular weight is 352 g/mol. The van der Waals surface area contributed by atoms with Gasteiger partial charge < -0.3 is 14.0 Å². The molecular weight excluding hydrogens is 332 g/mol. The Bertz CT molecular complexity index is 885. The van der Waals surface area contributed by atoms with E-state index in [1.165, 1.54) is 0 Å². The van der Waals surface area contributed by atoms with Gasteiger partial charge in [-0.2, -0.15) is 4.98 Å². The van der Waals surface area contributed by atoms with Gasteiger partial charge in [-0.1, -0.05) is 28.9 Å². The second kappa shape index (κ2) is 7.82. The molecule has 0 aliphatic rings. The quantitative estimate of drug-likeness (QED) is 0.619. The predicted molar refractivity (Wildman–Crippen MR) is 95.8 cm³/mol. The highest BCUT2D eigenvalue weighted by Gasteiger charge is 2.11. The van der Waals surface area contributed by atoms with Crippen LogP contribution in [0.25, 0.3) is 11.4 Å².